The van der Waals surface area contributed by atoms with Crippen LogP contribution in [0.2, 0.25) is 0 Å². The molecule has 1 aromatic heterocycles. The van der Waals surface area contributed by atoms with E-state index >= 15 is 0 Å². The fourth-order valence-corrected chi connectivity index (χ4v) is 1.62. The van der Waals surface area contributed by atoms with Gasteiger partial charge in [0.2, 0.25) is 0 Å². The molecule has 0 bridgehead atoms. The van der Waals surface area contributed by atoms with Crippen molar-refractivity contribution in [2.45, 2.75) is 0 Å². The first kappa shape index (κ1) is 10.2. The zero-order valence-corrected chi connectivity index (χ0v) is 9.88. The van der Waals surface area contributed by atoms with Crippen LogP contribution in [0.3, 0.4) is 0 Å². The fourth-order valence-electron chi connectivity index (χ4n) is 1.22. The third kappa shape index (κ3) is 2.01. The molecule has 0 fully saturated rings. The molecule has 2 N–H and O–H groups in total. The smallest absolute Gasteiger partial charge is 0.354 e. The number of aromatic nitrogens is 2. The number of nitrogens with zero attached hydrogens (tertiary/aromatic N) is 2. The van der Waals surface area contributed by atoms with E-state index in [1.165, 1.54) is 4.57 Å². The van der Waals surface area contributed by atoms with Gasteiger partial charge in [0.15, 0.2) is 0 Å². The summed E-state index contributed by atoms with van der Waals surface area (Å²) in [4.78, 5) is 15.3. The maximum absolute atomic E-state index is 11.6. The van der Waals surface area contributed by atoms with E-state index in [9.17, 15) is 4.79 Å². The zero-order chi connectivity index (χ0) is 10.8. The van der Waals surface area contributed by atoms with Crippen LogP contribution in [0.25, 0.3) is 5.69 Å². The minimum atomic E-state index is -0.362. The van der Waals surface area contributed by atoms with Gasteiger partial charge in [-0.15, -0.1) is 0 Å². The van der Waals surface area contributed by atoms with E-state index in [0.717, 1.165) is 9.26 Å². The van der Waals surface area contributed by atoms with E-state index in [0.29, 0.717) is 0 Å². The Morgan fingerprint density at radius 1 is 1.27 bits per heavy atom. The summed E-state index contributed by atoms with van der Waals surface area (Å²) in [5.74, 6) is 0.271. The Balaban J connectivity index is 2.65. The predicted molar refractivity (Wildman–Crippen MR) is 67.0 cm³/mol. The second-order valence-corrected chi connectivity index (χ2v) is 4.12. The second-order valence-electron chi connectivity index (χ2n) is 2.96. The van der Waals surface area contributed by atoms with E-state index < -0.39 is 0 Å². The summed E-state index contributed by atoms with van der Waals surface area (Å²) in [6.07, 6.45) is 1.68. The van der Waals surface area contributed by atoms with Crippen molar-refractivity contribution in [2.24, 2.45) is 0 Å². The van der Waals surface area contributed by atoms with Crippen molar-refractivity contribution >= 4 is 28.4 Å². The molecular formula is C10H8IN3O. The molecule has 0 radical (unpaired) electrons. The number of benzene rings is 1. The lowest BCUT2D eigenvalue weighted by atomic mass is 10.3. The van der Waals surface area contributed by atoms with E-state index in [2.05, 4.69) is 4.98 Å². The summed E-state index contributed by atoms with van der Waals surface area (Å²) in [6, 6.07) is 9.31. The molecule has 0 aliphatic rings. The molecule has 0 saturated heterocycles. The molecule has 0 spiro atoms. The average molecular weight is 313 g/mol. The van der Waals surface area contributed by atoms with Crippen molar-refractivity contribution in [1.82, 2.24) is 9.55 Å². The van der Waals surface area contributed by atoms with Crippen LogP contribution in [-0.4, -0.2) is 9.55 Å². The lowest BCUT2D eigenvalue weighted by Crippen LogP contribution is -2.22. The predicted octanol–water partition coefficient (Wildman–Crippen LogP) is 1.42. The number of para-hydroxylation sites is 1. The average Bonchev–Trinajstić information content (AvgIpc) is 2.25. The number of nitrogens with two attached hydrogens (primary N) is 1. The van der Waals surface area contributed by atoms with Gasteiger partial charge in [0.25, 0.3) is 0 Å². The molecule has 76 valence electrons. The Bertz CT molecular complexity index is 536. The maximum Gasteiger partial charge on any atom is 0.354 e. The van der Waals surface area contributed by atoms with Crippen molar-refractivity contribution in [3.63, 3.8) is 0 Å². The summed E-state index contributed by atoms with van der Waals surface area (Å²) in [5.41, 5.74) is 5.96. The first-order chi connectivity index (χ1) is 7.18. The van der Waals surface area contributed by atoms with Crippen molar-refractivity contribution in [2.75, 3.05) is 5.73 Å². The Hall–Kier alpha value is -1.37. The third-order valence-corrected chi connectivity index (χ3v) is 2.77. The summed E-state index contributed by atoms with van der Waals surface area (Å²) in [5, 5.41) is 0. The van der Waals surface area contributed by atoms with Gasteiger partial charge in [-0.3, -0.25) is 4.57 Å². The van der Waals surface area contributed by atoms with Gasteiger partial charge in [0.05, 0.1) is 9.26 Å². The quantitative estimate of drug-likeness (QED) is 0.810. The highest BCUT2D eigenvalue weighted by Crippen LogP contribution is 2.11. The van der Waals surface area contributed by atoms with Gasteiger partial charge in [-0.05, 0) is 34.7 Å². The Morgan fingerprint density at radius 2 is 1.93 bits per heavy atom. The molecule has 0 aliphatic carbocycles. The molecule has 4 nitrogen and oxygen atoms in total. The number of nitrogen functional groups attached to an aromatic ring is 1. The zero-order valence-electron chi connectivity index (χ0n) is 7.72. The molecule has 5 heteroatoms. The van der Waals surface area contributed by atoms with Gasteiger partial charge in [-0.1, -0.05) is 18.2 Å². The van der Waals surface area contributed by atoms with Gasteiger partial charge in [0.1, 0.15) is 5.82 Å². The SMILES string of the molecule is Nc1nc(=O)n(-c2ccccc2)cc1I. The molecule has 0 saturated carbocycles. The monoisotopic (exact) mass is 313 g/mol. The third-order valence-electron chi connectivity index (χ3n) is 1.94. The molecule has 1 aromatic carbocycles. The largest absolute Gasteiger partial charge is 0.383 e. The molecule has 0 unspecified atom stereocenters. The van der Waals surface area contributed by atoms with Crippen LogP contribution in [-0.2, 0) is 0 Å². The lowest BCUT2D eigenvalue weighted by Gasteiger charge is -2.05. The summed E-state index contributed by atoms with van der Waals surface area (Å²) < 4.78 is 2.23. The maximum atomic E-state index is 11.6. The van der Waals surface area contributed by atoms with E-state index in [1.54, 1.807) is 6.20 Å². The highest BCUT2D eigenvalue weighted by molar-refractivity contribution is 14.1. The summed E-state index contributed by atoms with van der Waals surface area (Å²) in [6.45, 7) is 0. The van der Waals surface area contributed by atoms with Crippen molar-refractivity contribution in [3.05, 3.63) is 50.6 Å². The Kier molecular flexibility index (Phi) is 2.72. The van der Waals surface area contributed by atoms with E-state index in [-0.39, 0.29) is 11.5 Å². The second kappa shape index (κ2) is 4.01. The van der Waals surface area contributed by atoms with Gasteiger partial charge >= 0.3 is 5.69 Å². The minimum Gasteiger partial charge on any atom is -0.383 e. The molecule has 0 aliphatic heterocycles. The van der Waals surface area contributed by atoms with Crippen molar-refractivity contribution < 1.29 is 0 Å². The van der Waals surface area contributed by atoms with Crippen LogP contribution in [0.1, 0.15) is 0 Å². The molecule has 0 atom stereocenters. The topological polar surface area (TPSA) is 60.9 Å². The van der Waals surface area contributed by atoms with E-state index in [4.69, 9.17) is 5.73 Å². The van der Waals surface area contributed by atoms with Crippen molar-refractivity contribution in [3.8, 4) is 5.69 Å². The van der Waals surface area contributed by atoms with E-state index in [1.807, 2.05) is 52.9 Å². The van der Waals surface area contributed by atoms with Crippen LogP contribution in [0.4, 0.5) is 5.82 Å². The molecule has 2 rings (SSSR count). The number of rotatable bonds is 1. The summed E-state index contributed by atoms with van der Waals surface area (Å²) >= 11 is 2.05. The fraction of sp³-hybridized carbons (Fsp3) is 0. The van der Waals surface area contributed by atoms with Crippen molar-refractivity contribution in [1.29, 1.82) is 0 Å². The Morgan fingerprint density at radius 3 is 2.60 bits per heavy atom. The molecule has 0 amide bonds. The number of halogens is 1. The normalized spacial score (nSPS) is 10.2. The van der Waals surface area contributed by atoms with Gasteiger partial charge in [-0.25, -0.2) is 4.79 Å². The highest BCUT2D eigenvalue weighted by Gasteiger charge is 2.04. The van der Waals surface area contributed by atoms with Crippen LogP contribution in [0.5, 0.6) is 0 Å². The van der Waals surface area contributed by atoms with Gasteiger partial charge in [-0.2, -0.15) is 4.98 Å². The standard InChI is InChI=1S/C10H8IN3O/c11-8-6-14(10(15)13-9(8)12)7-4-2-1-3-5-7/h1-6H,(H2,12,13,15). The lowest BCUT2D eigenvalue weighted by molar-refractivity contribution is 0.912. The first-order valence-corrected chi connectivity index (χ1v) is 5.36. The van der Waals surface area contributed by atoms with Crippen LogP contribution in [0, 0.1) is 3.57 Å². The minimum absolute atomic E-state index is 0.271. The number of anilines is 1. The van der Waals surface area contributed by atoms with Crippen LogP contribution >= 0.6 is 22.6 Å². The Labute approximate surface area is 99.9 Å². The number of hydrogen-bond donors (Lipinski definition) is 1. The first-order valence-electron chi connectivity index (χ1n) is 4.28. The molecule has 15 heavy (non-hydrogen) atoms. The van der Waals surface area contributed by atoms with Crippen LogP contribution in [0.15, 0.2) is 41.3 Å². The van der Waals surface area contributed by atoms with Gasteiger partial charge in [0, 0.05) is 6.20 Å². The van der Waals surface area contributed by atoms with Crippen LogP contribution < -0.4 is 11.4 Å². The van der Waals surface area contributed by atoms with Gasteiger partial charge < -0.3 is 5.73 Å². The molecular weight excluding hydrogens is 305 g/mol. The number of hydrogen-bond acceptors (Lipinski definition) is 3. The molecule has 1 heterocycles. The summed E-state index contributed by atoms with van der Waals surface area (Å²) in [7, 11) is 0. The molecule has 2 aromatic rings. The highest BCUT2D eigenvalue weighted by atomic mass is 127.